The van der Waals surface area contributed by atoms with Crippen molar-refractivity contribution in [3.05, 3.63) is 36.0 Å². The van der Waals surface area contributed by atoms with Gasteiger partial charge in [-0.1, -0.05) is 18.2 Å². The second-order valence-corrected chi connectivity index (χ2v) is 3.39. The Kier molecular flexibility index (Phi) is 2.27. The third kappa shape index (κ3) is 1.31. The number of para-hydroxylation sites is 1. The standard InChI is InChI=1S/C11H13NO2/c1-12-9-5-3-2-4-8(9)6-10(12)11(14)7-13/h2-6,11,13-14H,7H2,1H3. The molecule has 1 unspecified atom stereocenters. The first-order valence-corrected chi connectivity index (χ1v) is 4.57. The van der Waals surface area contributed by atoms with E-state index in [1.807, 2.05) is 41.9 Å². The molecule has 0 saturated heterocycles. The molecule has 1 aromatic carbocycles. The molecular weight excluding hydrogens is 178 g/mol. The van der Waals surface area contributed by atoms with Gasteiger partial charge in [0.25, 0.3) is 0 Å². The lowest BCUT2D eigenvalue weighted by atomic mass is 10.2. The third-order valence-corrected chi connectivity index (χ3v) is 2.50. The molecule has 14 heavy (non-hydrogen) atoms. The van der Waals surface area contributed by atoms with Crippen LogP contribution in [-0.2, 0) is 7.05 Å². The SMILES string of the molecule is Cn1c(C(O)CO)cc2ccccc21. The van der Waals surface area contributed by atoms with Crippen LogP contribution in [0.1, 0.15) is 11.8 Å². The molecule has 0 aliphatic rings. The average molecular weight is 191 g/mol. The van der Waals surface area contributed by atoms with Gasteiger partial charge in [0.1, 0.15) is 6.10 Å². The van der Waals surface area contributed by atoms with Crippen LogP contribution in [0.15, 0.2) is 30.3 Å². The first kappa shape index (κ1) is 9.24. The van der Waals surface area contributed by atoms with Crippen molar-refractivity contribution in [1.29, 1.82) is 0 Å². The van der Waals surface area contributed by atoms with Crippen molar-refractivity contribution in [1.82, 2.24) is 4.57 Å². The van der Waals surface area contributed by atoms with Gasteiger partial charge in [0.15, 0.2) is 0 Å². The number of hydrogen-bond acceptors (Lipinski definition) is 2. The number of nitrogens with zero attached hydrogens (tertiary/aromatic N) is 1. The van der Waals surface area contributed by atoms with Crippen molar-refractivity contribution in [2.75, 3.05) is 6.61 Å². The molecule has 2 aromatic rings. The van der Waals surface area contributed by atoms with Gasteiger partial charge in [-0.25, -0.2) is 0 Å². The summed E-state index contributed by atoms with van der Waals surface area (Å²) in [4.78, 5) is 0. The van der Waals surface area contributed by atoms with E-state index in [-0.39, 0.29) is 6.61 Å². The summed E-state index contributed by atoms with van der Waals surface area (Å²) in [5, 5.41) is 19.5. The number of benzene rings is 1. The Morgan fingerprint density at radius 2 is 2.07 bits per heavy atom. The minimum absolute atomic E-state index is 0.246. The van der Waals surface area contributed by atoms with E-state index in [0.29, 0.717) is 0 Å². The molecule has 1 atom stereocenters. The molecule has 2 rings (SSSR count). The highest BCUT2D eigenvalue weighted by Gasteiger charge is 2.12. The van der Waals surface area contributed by atoms with Crippen LogP contribution in [0, 0.1) is 0 Å². The Bertz CT molecular complexity index is 447. The van der Waals surface area contributed by atoms with Gasteiger partial charge in [0.2, 0.25) is 0 Å². The van der Waals surface area contributed by atoms with Gasteiger partial charge in [-0.15, -0.1) is 0 Å². The first-order valence-electron chi connectivity index (χ1n) is 4.57. The fourth-order valence-corrected chi connectivity index (χ4v) is 1.72. The summed E-state index contributed by atoms with van der Waals surface area (Å²) >= 11 is 0. The largest absolute Gasteiger partial charge is 0.393 e. The highest BCUT2D eigenvalue weighted by molar-refractivity contribution is 5.81. The van der Waals surface area contributed by atoms with E-state index in [9.17, 15) is 5.11 Å². The maximum atomic E-state index is 9.54. The monoisotopic (exact) mass is 191 g/mol. The number of aliphatic hydroxyl groups excluding tert-OH is 2. The molecule has 0 radical (unpaired) electrons. The maximum Gasteiger partial charge on any atom is 0.117 e. The second kappa shape index (κ2) is 3.44. The van der Waals surface area contributed by atoms with Crippen LogP contribution >= 0.6 is 0 Å². The zero-order valence-corrected chi connectivity index (χ0v) is 8.01. The quantitative estimate of drug-likeness (QED) is 0.749. The van der Waals surface area contributed by atoms with Gasteiger partial charge < -0.3 is 14.8 Å². The third-order valence-electron chi connectivity index (χ3n) is 2.50. The molecule has 3 nitrogen and oxygen atoms in total. The molecule has 1 heterocycles. The topological polar surface area (TPSA) is 45.4 Å². The summed E-state index contributed by atoms with van der Waals surface area (Å²) in [6, 6.07) is 9.79. The highest BCUT2D eigenvalue weighted by Crippen LogP contribution is 2.22. The summed E-state index contributed by atoms with van der Waals surface area (Å²) < 4.78 is 1.90. The van der Waals surface area contributed by atoms with E-state index in [1.54, 1.807) is 0 Å². The summed E-state index contributed by atoms with van der Waals surface area (Å²) in [6.07, 6.45) is -0.799. The molecule has 3 heteroatoms. The van der Waals surface area contributed by atoms with Crippen molar-refractivity contribution in [2.45, 2.75) is 6.10 Å². The molecule has 0 spiro atoms. The summed E-state index contributed by atoms with van der Waals surface area (Å²) in [7, 11) is 1.89. The number of fused-ring (bicyclic) bond motifs is 1. The van der Waals surface area contributed by atoms with Gasteiger partial charge in [0, 0.05) is 18.3 Å². The lowest BCUT2D eigenvalue weighted by Crippen LogP contribution is -2.07. The predicted octanol–water partition coefficient (Wildman–Crippen LogP) is 1.20. The van der Waals surface area contributed by atoms with Gasteiger partial charge in [-0.2, -0.15) is 0 Å². The molecule has 2 N–H and O–H groups in total. The summed E-state index contributed by atoms with van der Waals surface area (Å²) in [6.45, 7) is -0.246. The van der Waals surface area contributed by atoms with Crippen LogP contribution in [0.3, 0.4) is 0 Å². The van der Waals surface area contributed by atoms with E-state index >= 15 is 0 Å². The number of aryl methyl sites for hydroxylation is 1. The minimum atomic E-state index is -0.799. The molecule has 74 valence electrons. The Labute approximate surface area is 82.2 Å². The van der Waals surface area contributed by atoms with Crippen LogP contribution in [0.4, 0.5) is 0 Å². The molecule has 0 amide bonds. The molecule has 0 aliphatic carbocycles. The number of rotatable bonds is 2. The van der Waals surface area contributed by atoms with Gasteiger partial charge in [0.05, 0.1) is 6.61 Å². The maximum absolute atomic E-state index is 9.54. The Morgan fingerprint density at radius 1 is 1.36 bits per heavy atom. The lowest BCUT2D eigenvalue weighted by molar-refractivity contribution is 0.0903. The molecule has 0 aliphatic heterocycles. The van der Waals surface area contributed by atoms with Crippen molar-refractivity contribution < 1.29 is 10.2 Å². The zero-order valence-electron chi connectivity index (χ0n) is 8.01. The van der Waals surface area contributed by atoms with Crippen molar-refractivity contribution in [3.63, 3.8) is 0 Å². The number of aliphatic hydroxyl groups is 2. The van der Waals surface area contributed by atoms with Crippen LogP contribution < -0.4 is 0 Å². The number of aromatic nitrogens is 1. The highest BCUT2D eigenvalue weighted by atomic mass is 16.3. The fourth-order valence-electron chi connectivity index (χ4n) is 1.72. The van der Waals surface area contributed by atoms with Gasteiger partial charge in [-0.05, 0) is 17.5 Å². The molecule has 0 bridgehead atoms. The van der Waals surface area contributed by atoms with Crippen LogP contribution in [0.2, 0.25) is 0 Å². The van der Waals surface area contributed by atoms with E-state index < -0.39 is 6.10 Å². The van der Waals surface area contributed by atoms with Gasteiger partial charge in [-0.3, -0.25) is 0 Å². The van der Waals surface area contributed by atoms with Crippen LogP contribution in [0.5, 0.6) is 0 Å². The van der Waals surface area contributed by atoms with Crippen LogP contribution in [0.25, 0.3) is 10.9 Å². The van der Waals surface area contributed by atoms with Crippen molar-refractivity contribution in [2.24, 2.45) is 7.05 Å². The Balaban J connectivity index is 2.62. The Hall–Kier alpha value is -1.32. The molecule has 0 fully saturated rings. The normalized spacial score (nSPS) is 13.4. The lowest BCUT2D eigenvalue weighted by Gasteiger charge is -2.08. The first-order chi connectivity index (χ1) is 6.74. The molecular formula is C11H13NO2. The van der Waals surface area contributed by atoms with Crippen LogP contribution in [-0.4, -0.2) is 21.4 Å². The summed E-state index contributed by atoms with van der Waals surface area (Å²) in [5.74, 6) is 0. The Morgan fingerprint density at radius 3 is 2.71 bits per heavy atom. The smallest absolute Gasteiger partial charge is 0.117 e. The fraction of sp³-hybridized carbons (Fsp3) is 0.273. The number of hydrogen-bond donors (Lipinski definition) is 2. The predicted molar refractivity (Wildman–Crippen MR) is 55.0 cm³/mol. The van der Waals surface area contributed by atoms with E-state index in [4.69, 9.17) is 5.11 Å². The zero-order chi connectivity index (χ0) is 10.1. The minimum Gasteiger partial charge on any atom is -0.393 e. The second-order valence-electron chi connectivity index (χ2n) is 3.39. The molecule has 0 saturated carbocycles. The van der Waals surface area contributed by atoms with E-state index in [2.05, 4.69) is 0 Å². The van der Waals surface area contributed by atoms with Crippen molar-refractivity contribution in [3.8, 4) is 0 Å². The van der Waals surface area contributed by atoms with Gasteiger partial charge >= 0.3 is 0 Å². The van der Waals surface area contributed by atoms with E-state index in [0.717, 1.165) is 16.6 Å². The summed E-state index contributed by atoms with van der Waals surface area (Å²) in [5.41, 5.74) is 1.81. The molecule has 1 aromatic heterocycles. The average Bonchev–Trinajstić information content (AvgIpc) is 2.56. The van der Waals surface area contributed by atoms with Crippen molar-refractivity contribution >= 4 is 10.9 Å². The van der Waals surface area contributed by atoms with E-state index in [1.165, 1.54) is 0 Å².